The molecule has 3 rings (SSSR count). The zero-order valence-corrected chi connectivity index (χ0v) is 13.9. The molecule has 0 radical (unpaired) electrons. The van der Waals surface area contributed by atoms with Crippen LogP contribution in [0.3, 0.4) is 0 Å². The van der Waals surface area contributed by atoms with Crippen molar-refractivity contribution >= 4 is 5.91 Å². The summed E-state index contributed by atoms with van der Waals surface area (Å²) >= 11 is 0. The highest BCUT2D eigenvalue weighted by molar-refractivity contribution is 5.79. The molecule has 2 saturated heterocycles. The number of nitrogens with one attached hydrogen (secondary N) is 2. The Morgan fingerprint density at radius 2 is 1.91 bits per heavy atom. The van der Waals surface area contributed by atoms with Gasteiger partial charge in [-0.2, -0.15) is 0 Å². The highest BCUT2D eigenvalue weighted by atomic mass is 16.5. The zero-order valence-electron chi connectivity index (χ0n) is 13.9. The first-order chi connectivity index (χ1) is 11.2. The summed E-state index contributed by atoms with van der Waals surface area (Å²) in [6, 6.07) is 8.56. The molecule has 0 bridgehead atoms. The summed E-state index contributed by atoms with van der Waals surface area (Å²) in [5.41, 5.74) is 2.47. The minimum atomic E-state index is 0.107. The van der Waals surface area contributed by atoms with Crippen molar-refractivity contribution in [2.75, 3.05) is 39.4 Å². The van der Waals surface area contributed by atoms with Gasteiger partial charge in [0.2, 0.25) is 5.91 Å². The maximum absolute atomic E-state index is 12.2. The third-order valence-corrected chi connectivity index (χ3v) is 4.85. The lowest BCUT2D eigenvalue weighted by atomic mass is 9.97. The van der Waals surface area contributed by atoms with E-state index in [1.807, 2.05) is 0 Å². The molecule has 2 atom stereocenters. The van der Waals surface area contributed by atoms with E-state index in [4.69, 9.17) is 4.74 Å². The molecular weight excluding hydrogens is 290 g/mol. The van der Waals surface area contributed by atoms with Crippen LogP contribution in [0.25, 0.3) is 0 Å². The highest BCUT2D eigenvalue weighted by Crippen LogP contribution is 2.16. The van der Waals surface area contributed by atoms with E-state index in [0.29, 0.717) is 12.5 Å². The monoisotopic (exact) mass is 317 g/mol. The summed E-state index contributed by atoms with van der Waals surface area (Å²) in [7, 11) is 0. The number of carbonyl (C=O) groups is 1. The number of amides is 1. The van der Waals surface area contributed by atoms with E-state index in [9.17, 15) is 4.79 Å². The van der Waals surface area contributed by atoms with Gasteiger partial charge >= 0.3 is 0 Å². The lowest BCUT2D eigenvalue weighted by Gasteiger charge is -2.26. The molecule has 0 aliphatic carbocycles. The number of hydrogen-bond donors (Lipinski definition) is 2. The second kappa shape index (κ2) is 7.90. The molecule has 2 aliphatic rings. The molecule has 0 saturated carbocycles. The van der Waals surface area contributed by atoms with Crippen LogP contribution in [0.5, 0.6) is 0 Å². The molecule has 2 heterocycles. The Morgan fingerprint density at radius 1 is 1.22 bits per heavy atom. The molecule has 0 spiro atoms. The van der Waals surface area contributed by atoms with Gasteiger partial charge in [0, 0.05) is 32.7 Å². The molecule has 2 aliphatic heterocycles. The van der Waals surface area contributed by atoms with Crippen LogP contribution in [0.2, 0.25) is 0 Å². The Balaban J connectivity index is 1.46. The van der Waals surface area contributed by atoms with Crippen LogP contribution in [0, 0.1) is 11.8 Å². The summed E-state index contributed by atoms with van der Waals surface area (Å²) in [4.78, 5) is 14.6. The van der Waals surface area contributed by atoms with E-state index in [1.165, 1.54) is 5.56 Å². The second-order valence-corrected chi connectivity index (χ2v) is 6.66. The van der Waals surface area contributed by atoms with E-state index in [0.717, 1.165) is 51.5 Å². The average molecular weight is 317 g/mol. The number of nitrogens with zero attached hydrogens (tertiary/aromatic N) is 1. The van der Waals surface area contributed by atoms with Gasteiger partial charge in [-0.1, -0.05) is 31.2 Å². The van der Waals surface area contributed by atoms with Gasteiger partial charge in [0.05, 0.1) is 19.1 Å². The molecule has 23 heavy (non-hydrogen) atoms. The van der Waals surface area contributed by atoms with Crippen LogP contribution in [0.4, 0.5) is 0 Å². The third kappa shape index (κ3) is 4.53. The molecule has 2 fully saturated rings. The second-order valence-electron chi connectivity index (χ2n) is 6.66. The van der Waals surface area contributed by atoms with Crippen molar-refractivity contribution < 1.29 is 9.53 Å². The minimum Gasteiger partial charge on any atom is -0.379 e. The smallest absolute Gasteiger partial charge is 0.224 e. The van der Waals surface area contributed by atoms with Gasteiger partial charge in [-0.15, -0.1) is 0 Å². The molecule has 5 nitrogen and oxygen atoms in total. The van der Waals surface area contributed by atoms with Crippen molar-refractivity contribution in [2.45, 2.75) is 20.0 Å². The summed E-state index contributed by atoms with van der Waals surface area (Å²) in [5.74, 6) is 0.696. The van der Waals surface area contributed by atoms with Crippen LogP contribution in [-0.4, -0.2) is 50.2 Å². The molecule has 1 aromatic rings. The Bertz CT molecular complexity index is 512. The average Bonchev–Trinajstić information content (AvgIpc) is 3.01. The van der Waals surface area contributed by atoms with Crippen LogP contribution >= 0.6 is 0 Å². The fraction of sp³-hybridized carbons (Fsp3) is 0.611. The number of morpholine rings is 1. The molecule has 1 amide bonds. The van der Waals surface area contributed by atoms with Crippen molar-refractivity contribution in [3.8, 4) is 0 Å². The standard InChI is InChI=1S/C18H27N3O2/c1-14-10-19-12-17(14)18(22)20-11-15-2-4-16(5-3-15)13-21-6-8-23-9-7-21/h2-5,14,17,19H,6-13H2,1H3,(H,20,22)/t14-,17-/m1/s1. The Hall–Kier alpha value is -1.43. The van der Waals surface area contributed by atoms with E-state index < -0.39 is 0 Å². The maximum atomic E-state index is 12.2. The maximum Gasteiger partial charge on any atom is 0.224 e. The van der Waals surface area contributed by atoms with Gasteiger partial charge in [0.1, 0.15) is 0 Å². The van der Waals surface area contributed by atoms with Crippen LogP contribution < -0.4 is 10.6 Å². The lowest BCUT2D eigenvalue weighted by molar-refractivity contribution is -0.125. The molecule has 5 heteroatoms. The minimum absolute atomic E-state index is 0.107. The van der Waals surface area contributed by atoms with Gasteiger partial charge < -0.3 is 15.4 Å². The third-order valence-electron chi connectivity index (χ3n) is 4.85. The number of carbonyl (C=O) groups excluding carboxylic acids is 1. The molecular formula is C18H27N3O2. The summed E-state index contributed by atoms with van der Waals surface area (Å²) < 4.78 is 5.37. The van der Waals surface area contributed by atoms with Gasteiger partial charge in [-0.3, -0.25) is 9.69 Å². The zero-order chi connectivity index (χ0) is 16.1. The van der Waals surface area contributed by atoms with Crippen LogP contribution in [0.15, 0.2) is 24.3 Å². The molecule has 0 aromatic heterocycles. The quantitative estimate of drug-likeness (QED) is 0.850. The van der Waals surface area contributed by atoms with Gasteiger partial charge in [-0.05, 0) is 23.6 Å². The SMILES string of the molecule is C[C@@H]1CNC[C@H]1C(=O)NCc1ccc(CN2CCOCC2)cc1. The predicted molar refractivity (Wildman–Crippen MR) is 89.9 cm³/mol. The highest BCUT2D eigenvalue weighted by Gasteiger charge is 2.29. The van der Waals surface area contributed by atoms with Gasteiger partial charge in [0.25, 0.3) is 0 Å². The van der Waals surface area contributed by atoms with Crippen molar-refractivity contribution in [1.29, 1.82) is 0 Å². The van der Waals surface area contributed by atoms with Crippen molar-refractivity contribution in [3.05, 3.63) is 35.4 Å². The predicted octanol–water partition coefficient (Wildman–Crippen LogP) is 0.991. The van der Waals surface area contributed by atoms with Crippen LogP contribution in [0.1, 0.15) is 18.1 Å². The summed E-state index contributed by atoms with van der Waals surface area (Å²) in [5, 5.41) is 6.34. The fourth-order valence-corrected chi connectivity index (χ4v) is 3.26. The summed E-state index contributed by atoms with van der Waals surface area (Å²) in [6.07, 6.45) is 0. The molecule has 1 aromatic carbocycles. The largest absolute Gasteiger partial charge is 0.379 e. The molecule has 2 N–H and O–H groups in total. The summed E-state index contributed by atoms with van der Waals surface area (Å²) in [6.45, 7) is 9.12. The number of benzene rings is 1. The van der Waals surface area contributed by atoms with E-state index in [-0.39, 0.29) is 11.8 Å². The van der Waals surface area contributed by atoms with Crippen molar-refractivity contribution in [2.24, 2.45) is 11.8 Å². The van der Waals surface area contributed by atoms with Crippen molar-refractivity contribution in [1.82, 2.24) is 15.5 Å². The van der Waals surface area contributed by atoms with E-state index in [2.05, 4.69) is 46.7 Å². The number of ether oxygens (including phenoxy) is 1. The Labute approximate surface area is 138 Å². The first kappa shape index (κ1) is 16.4. The van der Waals surface area contributed by atoms with E-state index >= 15 is 0 Å². The van der Waals surface area contributed by atoms with Gasteiger partial charge in [0.15, 0.2) is 0 Å². The Kier molecular flexibility index (Phi) is 5.65. The van der Waals surface area contributed by atoms with Crippen molar-refractivity contribution in [3.63, 3.8) is 0 Å². The first-order valence-electron chi connectivity index (χ1n) is 8.59. The van der Waals surface area contributed by atoms with Crippen LogP contribution in [-0.2, 0) is 22.6 Å². The Morgan fingerprint density at radius 3 is 2.57 bits per heavy atom. The molecule has 126 valence electrons. The fourth-order valence-electron chi connectivity index (χ4n) is 3.26. The normalized spacial score (nSPS) is 25.4. The topological polar surface area (TPSA) is 53.6 Å². The number of hydrogen-bond acceptors (Lipinski definition) is 4. The lowest BCUT2D eigenvalue weighted by Crippen LogP contribution is -2.35. The van der Waals surface area contributed by atoms with E-state index in [1.54, 1.807) is 0 Å². The molecule has 0 unspecified atom stereocenters. The number of rotatable bonds is 5. The van der Waals surface area contributed by atoms with Gasteiger partial charge in [-0.25, -0.2) is 0 Å². The first-order valence-corrected chi connectivity index (χ1v) is 8.59.